The highest BCUT2D eigenvalue weighted by Gasteiger charge is 2.43. The van der Waals surface area contributed by atoms with Crippen LogP contribution in [0, 0.1) is 17.8 Å². The molecule has 99 heavy (non-hydrogen) atoms. The molecule has 24 heteroatoms. The van der Waals surface area contributed by atoms with Crippen molar-refractivity contribution in [1.29, 1.82) is 0 Å². The first-order chi connectivity index (χ1) is 48.1. The fraction of sp³-hybridized carbons (Fsp3) is 0.240. The minimum atomic E-state index is -0.527. The van der Waals surface area contributed by atoms with E-state index >= 15 is 0 Å². The fourth-order valence-electron chi connectivity index (χ4n) is 14.1. The minimum Gasteiger partial charge on any atom is -0.457 e. The molecule has 3 aromatic heterocycles. The van der Waals surface area contributed by atoms with Crippen LogP contribution in [-0.4, -0.2) is 138 Å². The lowest BCUT2D eigenvalue weighted by molar-refractivity contribution is -0.129. The quantitative estimate of drug-likeness (QED) is 0.0520. The molecule has 6 atom stereocenters. The molecule has 24 nitrogen and oxygen atoms in total. The number of amides is 6. The number of nitrogens with two attached hydrogens (primary N) is 3. The molecule has 15 rings (SSSR count). The Bertz CT molecular complexity index is 4060. The van der Waals surface area contributed by atoms with Crippen LogP contribution in [0.2, 0.25) is 0 Å². The fourth-order valence-corrected chi connectivity index (χ4v) is 14.1. The van der Waals surface area contributed by atoms with Crippen LogP contribution in [0.5, 0.6) is 34.5 Å². The summed E-state index contributed by atoms with van der Waals surface area (Å²) < 4.78 is 23.3. The molecule has 6 amide bonds. The van der Waals surface area contributed by atoms with Crippen molar-refractivity contribution in [3.8, 4) is 68.3 Å². The zero-order valence-electron chi connectivity index (χ0n) is 54.3. The molecule has 504 valence electrons. The van der Waals surface area contributed by atoms with E-state index in [4.69, 9.17) is 46.7 Å². The number of aromatic nitrogens is 6. The summed E-state index contributed by atoms with van der Waals surface area (Å²) in [7, 11) is 0. The Hall–Kier alpha value is -12.2. The standard InChI is InChI=1S/3C25H25N5O3/c3*1-2-21(31)29-13-12-20-17(15-29)14-27-25-22(24(26)32)23(28-30(20)25)16-8-10-19(11-9-16)33-18-6-4-3-5-7-18/h3*2-11,17,20,27H,1,12-15H2,(H2,26,32)/t3*17-,20+/m111/s1. The zero-order chi connectivity index (χ0) is 68.8. The second-order valence-corrected chi connectivity index (χ2v) is 24.9. The van der Waals surface area contributed by atoms with Gasteiger partial charge in [-0.1, -0.05) is 74.3 Å². The number of piperidine rings is 3. The Kier molecular flexibility index (Phi) is 18.9. The normalized spacial score (nSPS) is 19.1. The molecule has 6 aliphatic heterocycles. The molecule has 6 aromatic carbocycles. The van der Waals surface area contributed by atoms with E-state index in [-0.39, 0.29) is 53.6 Å². The molecule has 0 spiro atoms. The number of benzene rings is 6. The highest BCUT2D eigenvalue weighted by molar-refractivity contribution is 6.05. The SMILES string of the molecule is C=CC(=O)N1CC[C@H]2[C@H](CNc3c(C(N)=O)c(-c4ccc(Oc5ccccc5)cc4)nn32)C1.C=CC(=O)N1CC[C@H]2[C@H](CNc3c(C(N)=O)c(-c4ccc(Oc5ccccc5)cc4)nn32)C1.C=CC(=O)N1CC[C@H]2[C@H](CNc3c(C(N)=O)c(-c4ccc(Oc5ccccc5)cc4)nn32)C1. The number of carbonyl (C=O) groups is 6. The molecule has 6 aliphatic rings. The van der Waals surface area contributed by atoms with E-state index in [9.17, 15) is 28.8 Å². The van der Waals surface area contributed by atoms with Crippen molar-refractivity contribution < 1.29 is 43.0 Å². The monoisotopic (exact) mass is 1330 g/mol. The summed E-state index contributed by atoms with van der Waals surface area (Å²) in [6.07, 6.45) is 6.31. The Labute approximate surface area is 571 Å². The van der Waals surface area contributed by atoms with Crippen molar-refractivity contribution in [2.75, 3.05) is 74.9 Å². The Morgan fingerprint density at radius 2 is 0.616 bits per heavy atom. The number of hydrogen-bond donors (Lipinski definition) is 6. The van der Waals surface area contributed by atoms with Crippen LogP contribution in [0.3, 0.4) is 0 Å². The van der Waals surface area contributed by atoms with Crippen LogP contribution in [-0.2, 0) is 14.4 Å². The van der Waals surface area contributed by atoms with E-state index in [2.05, 4.69) is 35.7 Å². The number of para-hydroxylation sites is 3. The molecule has 0 unspecified atom stereocenters. The summed E-state index contributed by atoms with van der Waals surface area (Å²) in [4.78, 5) is 78.9. The lowest BCUT2D eigenvalue weighted by atomic mass is 9.90. The summed E-state index contributed by atoms with van der Waals surface area (Å²) >= 11 is 0. The molecule has 0 bridgehead atoms. The third kappa shape index (κ3) is 13.7. The molecule has 0 radical (unpaired) electrons. The van der Waals surface area contributed by atoms with Gasteiger partial charge in [-0.2, -0.15) is 15.3 Å². The van der Waals surface area contributed by atoms with Crippen molar-refractivity contribution in [3.63, 3.8) is 0 Å². The van der Waals surface area contributed by atoms with E-state index in [1.807, 2.05) is 193 Å². The molecule has 9 aromatic rings. The van der Waals surface area contributed by atoms with E-state index in [1.54, 1.807) is 0 Å². The van der Waals surface area contributed by atoms with Gasteiger partial charge >= 0.3 is 0 Å². The first-order valence-corrected chi connectivity index (χ1v) is 32.9. The molecule has 0 saturated carbocycles. The summed E-state index contributed by atoms with van der Waals surface area (Å²) in [5.41, 5.74) is 22.5. The van der Waals surface area contributed by atoms with Gasteiger partial charge in [-0.05, 0) is 147 Å². The summed E-state index contributed by atoms with van der Waals surface area (Å²) in [5, 5.41) is 24.5. The van der Waals surface area contributed by atoms with Crippen LogP contribution in [0.15, 0.2) is 202 Å². The third-order valence-electron chi connectivity index (χ3n) is 18.9. The Balaban J connectivity index is 0.000000133. The van der Waals surface area contributed by atoms with Gasteiger partial charge < -0.3 is 62.1 Å². The number of ether oxygens (including phenoxy) is 3. The summed E-state index contributed by atoms with van der Waals surface area (Å²) in [6, 6.07) is 51.2. The van der Waals surface area contributed by atoms with Gasteiger partial charge in [-0.3, -0.25) is 28.8 Å². The maximum atomic E-state index is 12.4. The van der Waals surface area contributed by atoms with Crippen LogP contribution in [0.4, 0.5) is 17.5 Å². The van der Waals surface area contributed by atoms with Gasteiger partial charge in [0.15, 0.2) is 0 Å². The van der Waals surface area contributed by atoms with Crippen molar-refractivity contribution in [3.05, 3.63) is 218 Å². The van der Waals surface area contributed by atoms with Crippen LogP contribution in [0.25, 0.3) is 33.8 Å². The van der Waals surface area contributed by atoms with Gasteiger partial charge in [0.05, 0.1) is 18.1 Å². The first-order valence-electron chi connectivity index (χ1n) is 32.9. The van der Waals surface area contributed by atoms with Crippen LogP contribution in [0.1, 0.15) is 68.5 Å². The van der Waals surface area contributed by atoms with Crippen molar-refractivity contribution in [1.82, 2.24) is 44.0 Å². The lowest BCUT2D eigenvalue weighted by Gasteiger charge is -2.41. The van der Waals surface area contributed by atoms with E-state index in [0.29, 0.717) is 127 Å². The van der Waals surface area contributed by atoms with Crippen LogP contribution >= 0.6 is 0 Å². The summed E-state index contributed by atoms with van der Waals surface area (Å²) in [6.45, 7) is 16.4. The number of anilines is 3. The molecule has 3 saturated heterocycles. The molecule has 3 fully saturated rings. The van der Waals surface area contributed by atoms with Gasteiger partial charge in [0.1, 0.15) is 85.7 Å². The average molecular weight is 1330 g/mol. The molecule has 9 N–H and O–H groups in total. The Morgan fingerprint density at radius 1 is 0.374 bits per heavy atom. The predicted molar refractivity (Wildman–Crippen MR) is 375 cm³/mol. The average Bonchev–Trinajstić information content (AvgIpc) is 1.63. The number of hydrogen-bond acceptors (Lipinski definition) is 15. The maximum absolute atomic E-state index is 12.4. The highest BCUT2D eigenvalue weighted by atomic mass is 16.5. The van der Waals surface area contributed by atoms with Gasteiger partial charge in [0, 0.05) is 93.3 Å². The molecular formula is C75H75N15O9. The first kappa shape index (κ1) is 65.5. The van der Waals surface area contributed by atoms with E-state index in [0.717, 1.165) is 53.2 Å². The van der Waals surface area contributed by atoms with E-state index < -0.39 is 17.7 Å². The van der Waals surface area contributed by atoms with E-state index in [1.165, 1.54) is 18.2 Å². The summed E-state index contributed by atoms with van der Waals surface area (Å²) in [5.74, 6) is 5.04. The van der Waals surface area contributed by atoms with Gasteiger partial charge in [-0.15, -0.1) is 0 Å². The van der Waals surface area contributed by atoms with Crippen LogP contribution < -0.4 is 47.4 Å². The largest absolute Gasteiger partial charge is 0.457 e. The second kappa shape index (κ2) is 28.6. The molecule has 0 aliphatic carbocycles. The maximum Gasteiger partial charge on any atom is 0.254 e. The second-order valence-electron chi connectivity index (χ2n) is 24.9. The smallest absolute Gasteiger partial charge is 0.254 e. The van der Waals surface area contributed by atoms with Crippen molar-refractivity contribution in [2.24, 2.45) is 35.0 Å². The number of carbonyl (C=O) groups excluding carboxylic acids is 6. The van der Waals surface area contributed by atoms with Gasteiger partial charge in [-0.25, -0.2) is 14.0 Å². The highest BCUT2D eigenvalue weighted by Crippen LogP contribution is 2.44. The van der Waals surface area contributed by atoms with Gasteiger partial charge in [0.2, 0.25) is 17.7 Å². The number of nitrogens with zero attached hydrogens (tertiary/aromatic N) is 9. The Morgan fingerprint density at radius 3 is 0.848 bits per heavy atom. The molecule has 9 heterocycles. The number of likely N-dealkylation sites (tertiary alicyclic amines) is 3. The number of primary amides is 3. The van der Waals surface area contributed by atoms with Crippen molar-refractivity contribution in [2.45, 2.75) is 37.4 Å². The minimum absolute atomic E-state index is 0.0592. The molecular weight excluding hydrogens is 1250 g/mol. The number of nitrogens with one attached hydrogen (secondary N) is 3. The number of fused-ring (bicyclic) bond motifs is 9. The third-order valence-corrected chi connectivity index (χ3v) is 18.9. The van der Waals surface area contributed by atoms with Gasteiger partial charge in [0.25, 0.3) is 17.7 Å². The van der Waals surface area contributed by atoms with Crippen molar-refractivity contribution >= 4 is 52.9 Å². The zero-order valence-corrected chi connectivity index (χ0v) is 54.3. The topological polar surface area (TPSA) is 307 Å². The lowest BCUT2D eigenvalue weighted by Crippen LogP contribution is -2.48. The predicted octanol–water partition coefficient (Wildman–Crippen LogP) is 10.3. The number of rotatable bonds is 15.